The molecule has 1 amide bonds. The van der Waals surface area contributed by atoms with Gasteiger partial charge < -0.3 is 4.90 Å². The second kappa shape index (κ2) is 8.11. The van der Waals surface area contributed by atoms with Crippen LogP contribution >= 0.6 is 11.6 Å². The van der Waals surface area contributed by atoms with Gasteiger partial charge in [0.15, 0.2) is 0 Å². The standard InChI is InChI=1S/C21H20ClF3N2O3S/c22-16-5-7-17(8-6-16)31(29,30)27-11-9-26(10-12-27)20(28)19-13-18(19)14-1-3-15(4-2-14)21(23,24)25/h1-8,18-19H,9-13H2. The minimum Gasteiger partial charge on any atom is -0.340 e. The van der Waals surface area contributed by atoms with Gasteiger partial charge in [-0.3, -0.25) is 4.79 Å². The van der Waals surface area contributed by atoms with Crippen LogP contribution in [0.15, 0.2) is 53.4 Å². The number of carbonyl (C=O) groups excluding carboxylic acids is 1. The lowest BCUT2D eigenvalue weighted by Crippen LogP contribution is -2.51. The van der Waals surface area contributed by atoms with Crippen LogP contribution in [0, 0.1) is 5.92 Å². The van der Waals surface area contributed by atoms with Crippen molar-refractivity contribution in [2.45, 2.75) is 23.4 Å². The molecule has 4 rings (SSSR count). The van der Waals surface area contributed by atoms with Crippen LogP contribution in [0.1, 0.15) is 23.5 Å². The van der Waals surface area contributed by atoms with E-state index in [0.717, 1.165) is 17.7 Å². The number of nitrogens with zero attached hydrogens (tertiary/aromatic N) is 2. The van der Waals surface area contributed by atoms with E-state index in [4.69, 9.17) is 11.6 Å². The van der Waals surface area contributed by atoms with Gasteiger partial charge in [0.1, 0.15) is 0 Å². The molecule has 1 aliphatic heterocycles. The van der Waals surface area contributed by atoms with Crippen molar-refractivity contribution >= 4 is 27.5 Å². The number of sulfonamides is 1. The number of piperazine rings is 1. The number of benzene rings is 2. The zero-order valence-corrected chi connectivity index (χ0v) is 17.9. The van der Waals surface area contributed by atoms with Crippen molar-refractivity contribution in [3.63, 3.8) is 0 Å². The Bertz CT molecular complexity index is 1060. The van der Waals surface area contributed by atoms with Gasteiger partial charge >= 0.3 is 6.18 Å². The molecule has 2 atom stereocenters. The van der Waals surface area contributed by atoms with Crippen molar-refractivity contribution in [2.24, 2.45) is 5.92 Å². The Morgan fingerprint density at radius 2 is 1.52 bits per heavy atom. The fourth-order valence-corrected chi connectivity index (χ4v) is 5.44. The summed E-state index contributed by atoms with van der Waals surface area (Å²) < 4.78 is 65.0. The fraction of sp³-hybridized carbons (Fsp3) is 0.381. The van der Waals surface area contributed by atoms with E-state index in [-0.39, 0.29) is 48.8 Å². The second-order valence-electron chi connectivity index (χ2n) is 7.75. The van der Waals surface area contributed by atoms with Crippen LogP contribution in [0.4, 0.5) is 13.2 Å². The molecular weight excluding hydrogens is 453 g/mol. The molecule has 0 bridgehead atoms. The minimum absolute atomic E-state index is 0.0755. The number of hydrogen-bond acceptors (Lipinski definition) is 3. The third-order valence-electron chi connectivity index (χ3n) is 5.78. The van der Waals surface area contributed by atoms with E-state index in [1.54, 1.807) is 4.90 Å². The maximum absolute atomic E-state index is 12.8. The van der Waals surface area contributed by atoms with Gasteiger partial charge in [-0.25, -0.2) is 8.42 Å². The Morgan fingerprint density at radius 3 is 2.06 bits per heavy atom. The van der Waals surface area contributed by atoms with Gasteiger partial charge in [-0.15, -0.1) is 0 Å². The number of halogens is 4. The molecule has 5 nitrogen and oxygen atoms in total. The Kier molecular flexibility index (Phi) is 5.78. The molecule has 1 saturated heterocycles. The Labute approximate surface area is 183 Å². The van der Waals surface area contributed by atoms with Crippen molar-refractivity contribution < 1.29 is 26.4 Å². The normalized spacial score (nSPS) is 22.4. The van der Waals surface area contributed by atoms with E-state index in [2.05, 4.69) is 0 Å². The van der Waals surface area contributed by atoms with Crippen LogP contribution in [-0.2, 0) is 21.0 Å². The summed E-state index contributed by atoms with van der Waals surface area (Å²) in [4.78, 5) is 14.6. The molecular formula is C21H20ClF3N2O3S. The van der Waals surface area contributed by atoms with Crippen molar-refractivity contribution in [3.8, 4) is 0 Å². The van der Waals surface area contributed by atoms with E-state index < -0.39 is 21.8 Å². The first-order valence-corrected chi connectivity index (χ1v) is 11.6. The minimum atomic E-state index is -4.39. The highest BCUT2D eigenvalue weighted by atomic mass is 35.5. The molecule has 2 aliphatic rings. The van der Waals surface area contributed by atoms with Crippen molar-refractivity contribution in [1.29, 1.82) is 0 Å². The van der Waals surface area contributed by atoms with E-state index in [9.17, 15) is 26.4 Å². The van der Waals surface area contributed by atoms with Crippen molar-refractivity contribution in [2.75, 3.05) is 26.2 Å². The van der Waals surface area contributed by atoms with Gasteiger partial charge in [0.2, 0.25) is 15.9 Å². The predicted octanol–water partition coefficient (Wildman–Crippen LogP) is 4.00. The Morgan fingerprint density at radius 1 is 0.935 bits per heavy atom. The predicted molar refractivity (Wildman–Crippen MR) is 109 cm³/mol. The molecule has 2 aromatic rings. The second-order valence-corrected chi connectivity index (χ2v) is 10.1. The molecule has 0 aromatic heterocycles. The van der Waals surface area contributed by atoms with Crippen LogP contribution in [0.25, 0.3) is 0 Å². The van der Waals surface area contributed by atoms with Crippen LogP contribution < -0.4 is 0 Å². The highest BCUT2D eigenvalue weighted by Crippen LogP contribution is 2.49. The van der Waals surface area contributed by atoms with Crippen LogP contribution in [0.2, 0.25) is 5.02 Å². The maximum Gasteiger partial charge on any atom is 0.416 e. The maximum atomic E-state index is 12.8. The van der Waals surface area contributed by atoms with Crippen molar-refractivity contribution in [1.82, 2.24) is 9.21 Å². The number of rotatable bonds is 4. The van der Waals surface area contributed by atoms with Gasteiger partial charge in [-0.2, -0.15) is 17.5 Å². The topological polar surface area (TPSA) is 57.7 Å². The summed E-state index contributed by atoms with van der Waals surface area (Å²) in [5.74, 6) is -0.435. The summed E-state index contributed by atoms with van der Waals surface area (Å²) in [6.07, 6.45) is -3.79. The first-order chi connectivity index (χ1) is 14.6. The monoisotopic (exact) mass is 472 g/mol. The first kappa shape index (κ1) is 22.1. The molecule has 1 aliphatic carbocycles. The van der Waals surface area contributed by atoms with Gasteiger partial charge in [-0.1, -0.05) is 23.7 Å². The molecule has 166 valence electrons. The zero-order valence-electron chi connectivity index (χ0n) is 16.3. The molecule has 31 heavy (non-hydrogen) atoms. The highest BCUT2D eigenvalue weighted by molar-refractivity contribution is 7.89. The molecule has 1 saturated carbocycles. The molecule has 1 heterocycles. The zero-order chi connectivity index (χ0) is 22.4. The number of amides is 1. The summed E-state index contributed by atoms with van der Waals surface area (Å²) in [6.45, 7) is 0.937. The number of hydrogen-bond donors (Lipinski definition) is 0. The number of carbonyl (C=O) groups is 1. The van der Waals surface area contributed by atoms with Gasteiger partial charge in [-0.05, 0) is 54.3 Å². The Hall–Kier alpha value is -2.10. The van der Waals surface area contributed by atoms with E-state index in [1.165, 1.54) is 40.7 Å². The van der Waals surface area contributed by atoms with Crippen molar-refractivity contribution in [3.05, 3.63) is 64.7 Å². The van der Waals surface area contributed by atoms with E-state index in [1.807, 2.05) is 0 Å². The molecule has 2 unspecified atom stereocenters. The average Bonchev–Trinajstić information content (AvgIpc) is 3.54. The third kappa shape index (κ3) is 4.58. The molecule has 0 radical (unpaired) electrons. The molecule has 0 spiro atoms. The summed E-state index contributed by atoms with van der Waals surface area (Å²) in [5, 5.41) is 0.446. The third-order valence-corrected chi connectivity index (χ3v) is 7.94. The lowest BCUT2D eigenvalue weighted by molar-refractivity contribution is -0.137. The summed E-state index contributed by atoms with van der Waals surface area (Å²) in [7, 11) is -3.66. The molecule has 2 fully saturated rings. The number of alkyl halides is 3. The van der Waals surface area contributed by atoms with E-state index >= 15 is 0 Å². The SMILES string of the molecule is O=C(C1CC1c1ccc(C(F)(F)F)cc1)N1CCN(S(=O)(=O)c2ccc(Cl)cc2)CC1. The summed E-state index contributed by atoms with van der Waals surface area (Å²) >= 11 is 5.82. The summed E-state index contributed by atoms with van der Waals surface area (Å²) in [5.41, 5.74) is 0.00750. The molecule has 2 aromatic carbocycles. The van der Waals surface area contributed by atoms with Gasteiger partial charge in [0, 0.05) is 37.1 Å². The largest absolute Gasteiger partial charge is 0.416 e. The van der Waals surface area contributed by atoms with Gasteiger partial charge in [0.05, 0.1) is 10.5 Å². The Balaban J connectivity index is 1.34. The van der Waals surface area contributed by atoms with Crippen LogP contribution in [0.5, 0.6) is 0 Å². The lowest BCUT2D eigenvalue weighted by Gasteiger charge is -2.34. The van der Waals surface area contributed by atoms with Crippen LogP contribution in [0.3, 0.4) is 0 Å². The van der Waals surface area contributed by atoms with Gasteiger partial charge in [0.25, 0.3) is 0 Å². The van der Waals surface area contributed by atoms with Crippen LogP contribution in [-0.4, -0.2) is 49.7 Å². The average molecular weight is 473 g/mol. The molecule has 10 heteroatoms. The molecule has 0 N–H and O–H groups in total. The lowest BCUT2D eigenvalue weighted by atomic mass is 10.1. The summed E-state index contributed by atoms with van der Waals surface area (Å²) in [6, 6.07) is 10.9. The first-order valence-electron chi connectivity index (χ1n) is 9.79. The van der Waals surface area contributed by atoms with E-state index in [0.29, 0.717) is 11.4 Å². The highest BCUT2D eigenvalue weighted by Gasteiger charge is 2.46. The fourth-order valence-electron chi connectivity index (χ4n) is 3.89. The quantitative estimate of drug-likeness (QED) is 0.676. The smallest absolute Gasteiger partial charge is 0.340 e.